The number of carbonyl (C=O) groups is 1. The lowest BCUT2D eigenvalue weighted by Gasteiger charge is -2.43. The zero-order chi connectivity index (χ0) is 38.0. The van der Waals surface area contributed by atoms with Crippen LogP contribution in [0.1, 0.15) is 32.3 Å². The lowest BCUT2D eigenvalue weighted by atomic mass is 9.89. The number of ether oxygens (including phenoxy) is 4. The molecule has 2 N–H and O–H groups in total. The van der Waals surface area contributed by atoms with Gasteiger partial charge in [0.2, 0.25) is 26.8 Å². The van der Waals surface area contributed by atoms with Gasteiger partial charge in [-0.25, -0.2) is 25.9 Å². The second-order valence-corrected chi connectivity index (χ2v) is 17.9. The van der Waals surface area contributed by atoms with Gasteiger partial charge in [0.05, 0.1) is 41.2 Å². The van der Waals surface area contributed by atoms with Crippen LogP contribution in [-0.4, -0.2) is 101 Å². The summed E-state index contributed by atoms with van der Waals surface area (Å²) in [6, 6.07) is 15.6. The lowest BCUT2D eigenvalue weighted by molar-refractivity contribution is -0.273. The molecule has 3 aromatic rings. The van der Waals surface area contributed by atoms with E-state index in [9.17, 15) is 36.2 Å². The van der Waals surface area contributed by atoms with Gasteiger partial charge in [-0.15, -0.1) is 0 Å². The number of halogens is 1. The van der Waals surface area contributed by atoms with Crippen molar-refractivity contribution in [2.24, 2.45) is 11.3 Å². The number of rotatable bonds is 16. The molecule has 0 saturated carbocycles. The van der Waals surface area contributed by atoms with Gasteiger partial charge in [-0.05, 0) is 66.6 Å². The standard InChI is InChI=1S/C36H44FN3O11S2/c1-36(2,15-16-38-52(44,45)26-10-8-25(37)9-11-26)22-39(53(46,47)27-12-13-32-33(19-27)51-23-50-32)20-31(41)29(18-24-6-4-3-5-7-24)40(35(42)43)30-21-49-34-28(30)14-17-48-34/h3-13,19,28-31,34,38,41H,14-18,20-23H2,1-2H3,(H,42,43)/p-1/t28-,29-,30-,31+,34+/m0/s1. The van der Waals surface area contributed by atoms with Gasteiger partial charge in [-0.1, -0.05) is 44.2 Å². The highest BCUT2D eigenvalue weighted by Gasteiger charge is 2.47. The van der Waals surface area contributed by atoms with Gasteiger partial charge in [0, 0.05) is 31.6 Å². The first-order valence-corrected chi connectivity index (χ1v) is 20.2. The fourth-order valence-electron chi connectivity index (χ4n) is 7.06. The first-order chi connectivity index (χ1) is 25.1. The molecule has 0 unspecified atom stereocenters. The SMILES string of the molecule is CC(C)(CCNS(=O)(=O)c1ccc(F)cc1)CN(C[C@@H](O)[C@H](Cc1ccccc1)N(C(=O)[O-])[C@H]1CO[C@H]2OCC[C@H]21)S(=O)(=O)c1ccc2c(c1)OCO2. The number of benzene rings is 3. The maximum atomic E-state index is 14.5. The van der Waals surface area contributed by atoms with E-state index in [1.165, 1.54) is 18.2 Å². The van der Waals surface area contributed by atoms with Crippen LogP contribution in [-0.2, 0) is 35.9 Å². The second kappa shape index (κ2) is 15.9. The predicted molar refractivity (Wildman–Crippen MR) is 186 cm³/mol. The number of aliphatic hydroxyl groups excluding tert-OH is 1. The number of sulfonamides is 2. The molecule has 0 spiro atoms. The van der Waals surface area contributed by atoms with Crippen molar-refractivity contribution in [1.82, 2.24) is 13.9 Å². The third-order valence-corrected chi connectivity index (χ3v) is 13.1. The molecule has 14 nitrogen and oxygen atoms in total. The molecule has 3 aliphatic heterocycles. The number of carbonyl (C=O) groups excluding carboxylic acids is 1. The van der Waals surface area contributed by atoms with E-state index in [1.807, 2.05) is 0 Å². The van der Waals surface area contributed by atoms with Crippen LogP contribution in [0.25, 0.3) is 0 Å². The van der Waals surface area contributed by atoms with Gasteiger partial charge < -0.3 is 38.9 Å². The fraction of sp³-hybridized carbons (Fsp3) is 0.472. The average Bonchev–Trinajstić information content (AvgIpc) is 3.86. The molecule has 2 fully saturated rings. The lowest BCUT2D eigenvalue weighted by Crippen LogP contribution is -2.61. The molecule has 3 heterocycles. The Labute approximate surface area is 308 Å². The Hall–Kier alpha value is -3.84. The minimum absolute atomic E-state index is 0.0153. The van der Waals surface area contributed by atoms with Crippen molar-refractivity contribution in [3.8, 4) is 11.5 Å². The van der Waals surface area contributed by atoms with Crippen LogP contribution < -0.4 is 19.3 Å². The summed E-state index contributed by atoms with van der Waals surface area (Å²) in [4.78, 5) is 13.8. The summed E-state index contributed by atoms with van der Waals surface area (Å²) in [5.41, 5.74) is -0.189. The number of carboxylic acid groups (broad SMARTS) is 1. The molecule has 0 radical (unpaired) electrons. The van der Waals surface area contributed by atoms with Crippen LogP contribution >= 0.6 is 0 Å². The molecule has 0 aromatic heterocycles. The number of nitrogens with one attached hydrogen (secondary N) is 1. The number of hydrogen-bond acceptors (Lipinski definition) is 11. The van der Waals surface area contributed by atoms with Crippen LogP contribution in [0.3, 0.4) is 0 Å². The molecule has 288 valence electrons. The summed E-state index contributed by atoms with van der Waals surface area (Å²) in [6.45, 7) is 3.00. The van der Waals surface area contributed by atoms with Crippen LogP contribution in [0.4, 0.5) is 9.18 Å². The molecule has 3 aliphatic rings. The normalized spacial score (nSPS) is 21.0. The van der Waals surface area contributed by atoms with Gasteiger partial charge in [-0.3, -0.25) is 0 Å². The van der Waals surface area contributed by atoms with Crippen molar-refractivity contribution in [2.75, 3.05) is 39.6 Å². The average molecular weight is 777 g/mol. The second-order valence-electron chi connectivity index (χ2n) is 14.2. The number of fused-ring (bicyclic) bond motifs is 2. The first-order valence-electron chi connectivity index (χ1n) is 17.2. The summed E-state index contributed by atoms with van der Waals surface area (Å²) >= 11 is 0. The van der Waals surface area contributed by atoms with E-state index >= 15 is 0 Å². The van der Waals surface area contributed by atoms with E-state index in [-0.39, 0.29) is 60.8 Å². The van der Waals surface area contributed by atoms with Gasteiger partial charge in [0.1, 0.15) is 11.9 Å². The van der Waals surface area contributed by atoms with Gasteiger partial charge >= 0.3 is 0 Å². The van der Waals surface area contributed by atoms with Crippen molar-refractivity contribution in [2.45, 2.75) is 67.4 Å². The molecule has 5 atom stereocenters. The Morgan fingerprint density at radius 2 is 1.70 bits per heavy atom. The molecular weight excluding hydrogens is 734 g/mol. The largest absolute Gasteiger partial charge is 0.530 e. The Bertz CT molecular complexity index is 1970. The topological polar surface area (TPSA) is 184 Å². The summed E-state index contributed by atoms with van der Waals surface area (Å²) in [5.74, 6) is -0.298. The van der Waals surface area contributed by atoms with E-state index < -0.39 is 68.4 Å². The minimum atomic E-state index is -4.40. The molecular formula is C36H43FN3O11S2-. The highest BCUT2D eigenvalue weighted by atomic mass is 32.2. The zero-order valence-electron chi connectivity index (χ0n) is 29.3. The Morgan fingerprint density at radius 1 is 1.00 bits per heavy atom. The number of hydrogen-bond donors (Lipinski definition) is 2. The maximum Gasteiger partial charge on any atom is 0.243 e. The van der Waals surface area contributed by atoms with Gasteiger partial charge in [0.25, 0.3) is 0 Å². The summed E-state index contributed by atoms with van der Waals surface area (Å²) in [6.07, 6.45) is -2.97. The Balaban J connectivity index is 1.29. The molecule has 2 saturated heterocycles. The molecule has 6 rings (SSSR count). The number of nitrogens with zero attached hydrogens (tertiary/aromatic N) is 2. The minimum Gasteiger partial charge on any atom is -0.530 e. The van der Waals surface area contributed by atoms with E-state index in [2.05, 4.69) is 4.72 Å². The highest BCUT2D eigenvalue weighted by molar-refractivity contribution is 7.89. The number of aliphatic hydroxyl groups is 1. The summed E-state index contributed by atoms with van der Waals surface area (Å²) < 4.78 is 93.9. The predicted octanol–water partition coefficient (Wildman–Crippen LogP) is 2.32. The van der Waals surface area contributed by atoms with Crippen LogP contribution in [0, 0.1) is 17.2 Å². The van der Waals surface area contributed by atoms with Crippen LogP contribution in [0.5, 0.6) is 11.5 Å². The van der Waals surface area contributed by atoms with E-state index in [0.29, 0.717) is 24.3 Å². The molecule has 17 heteroatoms. The summed E-state index contributed by atoms with van der Waals surface area (Å²) in [7, 11) is -8.40. The fourth-order valence-corrected chi connectivity index (χ4v) is 9.76. The molecule has 1 amide bonds. The van der Waals surface area contributed by atoms with Crippen molar-refractivity contribution in [1.29, 1.82) is 0 Å². The van der Waals surface area contributed by atoms with E-state index in [1.54, 1.807) is 44.2 Å². The van der Waals surface area contributed by atoms with Crippen LogP contribution in [0.15, 0.2) is 82.6 Å². The molecule has 3 aromatic carbocycles. The third-order valence-electron chi connectivity index (χ3n) is 9.86. The van der Waals surface area contributed by atoms with Gasteiger partial charge in [-0.2, -0.15) is 4.31 Å². The third kappa shape index (κ3) is 8.94. The van der Waals surface area contributed by atoms with Crippen molar-refractivity contribution in [3.05, 3.63) is 84.2 Å². The number of amides is 1. The van der Waals surface area contributed by atoms with Crippen molar-refractivity contribution in [3.63, 3.8) is 0 Å². The Kier molecular flexibility index (Phi) is 11.6. The molecule has 53 heavy (non-hydrogen) atoms. The van der Waals surface area contributed by atoms with Crippen molar-refractivity contribution >= 4 is 26.1 Å². The molecule has 0 bridgehead atoms. The van der Waals surface area contributed by atoms with E-state index in [0.717, 1.165) is 33.5 Å². The van der Waals surface area contributed by atoms with Crippen molar-refractivity contribution < 1.29 is 55.2 Å². The van der Waals surface area contributed by atoms with Gasteiger partial charge in [0.15, 0.2) is 17.8 Å². The smallest absolute Gasteiger partial charge is 0.243 e. The van der Waals surface area contributed by atoms with E-state index in [4.69, 9.17) is 18.9 Å². The highest BCUT2D eigenvalue weighted by Crippen LogP contribution is 2.38. The van der Waals surface area contributed by atoms with Crippen LogP contribution in [0.2, 0.25) is 0 Å². The monoisotopic (exact) mass is 776 g/mol. The maximum absolute atomic E-state index is 14.5. The quantitative estimate of drug-likeness (QED) is 0.218. The Morgan fingerprint density at radius 3 is 2.42 bits per heavy atom. The molecule has 0 aliphatic carbocycles. The summed E-state index contributed by atoms with van der Waals surface area (Å²) in [5, 5.41) is 25.0. The first kappa shape index (κ1) is 38.9. The zero-order valence-corrected chi connectivity index (χ0v) is 30.9.